The molecule has 1 fully saturated rings. The average molecular weight is 377 g/mol. The smallest absolute Gasteiger partial charge is 0.166 e. The number of hydrogen-bond acceptors (Lipinski definition) is 3. The molecular weight excluding hydrogens is 359 g/mol. The highest BCUT2D eigenvalue weighted by Gasteiger charge is 2.26. The minimum Gasteiger partial charge on any atom is -0.357 e. The second kappa shape index (κ2) is 6.79. The van der Waals surface area contributed by atoms with Gasteiger partial charge < -0.3 is 4.90 Å². The first-order valence-electron chi connectivity index (χ1n) is 7.71. The van der Waals surface area contributed by atoms with Crippen molar-refractivity contribution in [3.63, 3.8) is 0 Å². The molecule has 0 atom stereocenters. The Balaban J connectivity index is 1.64. The summed E-state index contributed by atoms with van der Waals surface area (Å²) in [6.45, 7) is 3.66. The van der Waals surface area contributed by atoms with Gasteiger partial charge in [0.2, 0.25) is 0 Å². The van der Waals surface area contributed by atoms with E-state index in [-0.39, 0.29) is 17.5 Å². The number of pyridine rings is 1. The third-order valence-corrected chi connectivity index (χ3v) is 5.18. The minimum absolute atomic E-state index is 0.00764. The summed E-state index contributed by atoms with van der Waals surface area (Å²) in [4.78, 5) is 19.2. The molecule has 0 spiro atoms. The summed E-state index contributed by atoms with van der Waals surface area (Å²) in [5.41, 5.74) is 1.75. The molecule has 120 valence electrons. The van der Waals surface area contributed by atoms with E-state index in [1.807, 2.05) is 13.1 Å². The quantitative estimate of drug-likeness (QED) is 0.744. The fraction of sp³-hybridized carbons (Fsp3) is 0.333. The lowest BCUT2D eigenvalue weighted by molar-refractivity contribution is 0.0900. The molecule has 23 heavy (non-hydrogen) atoms. The summed E-state index contributed by atoms with van der Waals surface area (Å²) in [6, 6.07) is 7.90. The normalized spacial score (nSPS) is 15.7. The summed E-state index contributed by atoms with van der Waals surface area (Å²) in [6.07, 6.45) is 3.42. The number of piperidine rings is 1. The summed E-state index contributed by atoms with van der Waals surface area (Å²) in [5, 5.41) is 0. The van der Waals surface area contributed by atoms with E-state index in [0.717, 1.165) is 41.8 Å². The Bertz CT molecular complexity index is 709. The van der Waals surface area contributed by atoms with Gasteiger partial charge in [0.25, 0.3) is 0 Å². The van der Waals surface area contributed by atoms with E-state index in [0.29, 0.717) is 5.56 Å². The van der Waals surface area contributed by atoms with Crippen molar-refractivity contribution in [1.82, 2.24) is 4.98 Å². The van der Waals surface area contributed by atoms with Crippen LogP contribution in [-0.2, 0) is 0 Å². The summed E-state index contributed by atoms with van der Waals surface area (Å²) >= 11 is 3.46. The van der Waals surface area contributed by atoms with Crippen molar-refractivity contribution in [2.45, 2.75) is 19.8 Å². The first-order valence-corrected chi connectivity index (χ1v) is 8.51. The fourth-order valence-electron chi connectivity index (χ4n) is 2.92. The zero-order valence-corrected chi connectivity index (χ0v) is 14.5. The SMILES string of the molecule is Cc1cc(N2CCC(C(=O)c3ccc(F)cc3)CC2)ncc1Br. The molecule has 0 N–H and O–H groups in total. The van der Waals surface area contributed by atoms with Gasteiger partial charge >= 0.3 is 0 Å². The number of halogens is 2. The van der Waals surface area contributed by atoms with Crippen LogP contribution in [0.25, 0.3) is 0 Å². The van der Waals surface area contributed by atoms with Crippen LogP contribution in [0, 0.1) is 18.7 Å². The zero-order chi connectivity index (χ0) is 16.4. The fourth-order valence-corrected chi connectivity index (χ4v) is 3.13. The Kier molecular flexibility index (Phi) is 4.76. The molecule has 0 saturated carbocycles. The molecule has 1 aliphatic heterocycles. The molecule has 3 nitrogen and oxygen atoms in total. The van der Waals surface area contributed by atoms with Gasteiger partial charge in [0.1, 0.15) is 11.6 Å². The number of nitrogens with zero attached hydrogens (tertiary/aromatic N) is 2. The van der Waals surface area contributed by atoms with Gasteiger partial charge in [-0.2, -0.15) is 0 Å². The topological polar surface area (TPSA) is 33.2 Å². The minimum atomic E-state index is -0.312. The highest BCUT2D eigenvalue weighted by Crippen LogP contribution is 2.26. The first kappa shape index (κ1) is 16.1. The monoisotopic (exact) mass is 376 g/mol. The van der Waals surface area contributed by atoms with Gasteiger partial charge in [-0.15, -0.1) is 0 Å². The van der Waals surface area contributed by atoms with Gasteiger partial charge in [0.05, 0.1) is 0 Å². The number of benzene rings is 1. The number of ketones is 1. The van der Waals surface area contributed by atoms with Crippen molar-refractivity contribution in [1.29, 1.82) is 0 Å². The van der Waals surface area contributed by atoms with Crippen molar-refractivity contribution in [3.05, 3.63) is 57.9 Å². The molecule has 2 heterocycles. The van der Waals surface area contributed by atoms with Crippen molar-refractivity contribution in [2.24, 2.45) is 5.92 Å². The predicted octanol–water partition coefficient (Wildman–Crippen LogP) is 4.39. The number of aryl methyl sites for hydroxylation is 1. The maximum atomic E-state index is 13.0. The number of aromatic nitrogens is 1. The van der Waals surface area contributed by atoms with Gasteiger partial charge in [0.15, 0.2) is 5.78 Å². The number of anilines is 1. The van der Waals surface area contributed by atoms with Gasteiger partial charge in [-0.25, -0.2) is 9.37 Å². The standard InChI is InChI=1S/C18H18BrFN2O/c1-12-10-17(21-11-16(12)19)22-8-6-14(7-9-22)18(23)13-2-4-15(20)5-3-13/h2-5,10-11,14H,6-9H2,1H3. The average Bonchev–Trinajstić information content (AvgIpc) is 2.57. The molecule has 1 aliphatic rings. The Morgan fingerprint density at radius 2 is 1.91 bits per heavy atom. The van der Waals surface area contributed by atoms with Crippen LogP contribution in [0.4, 0.5) is 10.2 Å². The molecule has 5 heteroatoms. The predicted molar refractivity (Wildman–Crippen MR) is 92.3 cm³/mol. The zero-order valence-electron chi connectivity index (χ0n) is 12.9. The lowest BCUT2D eigenvalue weighted by Gasteiger charge is -2.32. The molecule has 0 aliphatic carbocycles. The summed E-state index contributed by atoms with van der Waals surface area (Å²) < 4.78 is 14.0. The molecular formula is C18H18BrFN2O. The highest BCUT2D eigenvalue weighted by atomic mass is 79.9. The molecule has 1 aromatic heterocycles. The third-order valence-electron chi connectivity index (χ3n) is 4.35. The van der Waals surface area contributed by atoms with E-state index >= 15 is 0 Å². The van der Waals surface area contributed by atoms with Crippen LogP contribution in [0.2, 0.25) is 0 Å². The maximum absolute atomic E-state index is 13.0. The van der Waals surface area contributed by atoms with Crippen molar-refractivity contribution < 1.29 is 9.18 Å². The lowest BCUT2D eigenvalue weighted by Crippen LogP contribution is -2.36. The number of rotatable bonds is 3. The van der Waals surface area contributed by atoms with E-state index in [2.05, 4.69) is 31.9 Å². The number of Topliss-reactive ketones (excluding diaryl/α,β-unsaturated/α-hetero) is 1. The van der Waals surface area contributed by atoms with Crippen molar-refractivity contribution in [3.8, 4) is 0 Å². The highest BCUT2D eigenvalue weighted by molar-refractivity contribution is 9.10. The number of carbonyl (C=O) groups excluding carboxylic acids is 1. The molecule has 2 aromatic rings. The largest absolute Gasteiger partial charge is 0.357 e. The molecule has 0 amide bonds. The second-order valence-electron chi connectivity index (χ2n) is 5.92. The van der Waals surface area contributed by atoms with E-state index in [1.54, 1.807) is 12.1 Å². The van der Waals surface area contributed by atoms with Crippen LogP contribution in [-0.4, -0.2) is 23.9 Å². The van der Waals surface area contributed by atoms with Crippen LogP contribution in [0.15, 0.2) is 41.0 Å². The van der Waals surface area contributed by atoms with E-state index in [9.17, 15) is 9.18 Å². The van der Waals surface area contributed by atoms with Gasteiger partial charge in [-0.05, 0) is 71.6 Å². The van der Waals surface area contributed by atoms with Gasteiger partial charge in [-0.1, -0.05) is 0 Å². The molecule has 0 unspecified atom stereocenters. The Morgan fingerprint density at radius 3 is 2.52 bits per heavy atom. The van der Waals surface area contributed by atoms with Crippen LogP contribution < -0.4 is 4.90 Å². The maximum Gasteiger partial charge on any atom is 0.166 e. The molecule has 0 bridgehead atoms. The van der Waals surface area contributed by atoms with E-state index < -0.39 is 0 Å². The van der Waals surface area contributed by atoms with Crippen LogP contribution in [0.5, 0.6) is 0 Å². The Morgan fingerprint density at radius 1 is 1.26 bits per heavy atom. The molecule has 1 saturated heterocycles. The van der Waals surface area contributed by atoms with Gasteiger partial charge in [0, 0.05) is 35.2 Å². The number of carbonyl (C=O) groups is 1. The van der Waals surface area contributed by atoms with Crippen molar-refractivity contribution >= 4 is 27.5 Å². The molecule has 3 rings (SSSR count). The Hall–Kier alpha value is -1.75. The van der Waals surface area contributed by atoms with E-state index in [1.165, 1.54) is 12.1 Å². The van der Waals surface area contributed by atoms with Crippen LogP contribution >= 0.6 is 15.9 Å². The van der Waals surface area contributed by atoms with Crippen LogP contribution in [0.1, 0.15) is 28.8 Å². The van der Waals surface area contributed by atoms with E-state index in [4.69, 9.17) is 0 Å². The summed E-state index contributed by atoms with van der Waals surface area (Å²) in [7, 11) is 0. The molecule has 1 aromatic carbocycles. The molecule has 0 radical (unpaired) electrons. The lowest BCUT2D eigenvalue weighted by atomic mass is 9.89. The first-order chi connectivity index (χ1) is 11.0. The summed E-state index contributed by atoms with van der Waals surface area (Å²) in [5.74, 6) is 0.768. The van der Waals surface area contributed by atoms with Crippen LogP contribution in [0.3, 0.4) is 0 Å². The van der Waals surface area contributed by atoms with Gasteiger partial charge in [-0.3, -0.25) is 4.79 Å². The Labute approximate surface area is 143 Å². The van der Waals surface area contributed by atoms with Crippen molar-refractivity contribution in [2.75, 3.05) is 18.0 Å². The number of hydrogen-bond donors (Lipinski definition) is 0. The second-order valence-corrected chi connectivity index (χ2v) is 6.78. The third kappa shape index (κ3) is 3.61.